The van der Waals surface area contributed by atoms with E-state index in [2.05, 4.69) is 28.4 Å². The molecule has 0 radical (unpaired) electrons. The third kappa shape index (κ3) is 3.30. The van der Waals surface area contributed by atoms with Gasteiger partial charge in [-0.25, -0.2) is 0 Å². The number of nitrogens with one attached hydrogen (secondary N) is 1. The van der Waals surface area contributed by atoms with E-state index in [9.17, 15) is 4.79 Å². The van der Waals surface area contributed by atoms with Crippen molar-refractivity contribution in [3.05, 3.63) is 59.2 Å². The summed E-state index contributed by atoms with van der Waals surface area (Å²) < 4.78 is 0. The minimum absolute atomic E-state index is 0.0506. The van der Waals surface area contributed by atoms with Gasteiger partial charge in [0.2, 0.25) is 0 Å². The predicted octanol–water partition coefficient (Wildman–Crippen LogP) is 4.16. The van der Waals surface area contributed by atoms with E-state index in [1.165, 1.54) is 18.5 Å². The lowest BCUT2D eigenvalue weighted by atomic mass is 10.1. The summed E-state index contributed by atoms with van der Waals surface area (Å²) >= 11 is 0. The molecule has 0 saturated carbocycles. The second-order valence-corrected chi connectivity index (χ2v) is 6.07. The molecule has 1 saturated heterocycles. The van der Waals surface area contributed by atoms with Crippen molar-refractivity contribution in [2.45, 2.75) is 26.7 Å². The van der Waals surface area contributed by atoms with Gasteiger partial charge in [-0.1, -0.05) is 23.3 Å². The number of anilines is 2. The van der Waals surface area contributed by atoms with Crippen LogP contribution >= 0.6 is 0 Å². The molecular weight excluding hydrogens is 272 g/mol. The first-order valence-corrected chi connectivity index (χ1v) is 7.86. The molecule has 3 nitrogen and oxygen atoms in total. The quantitative estimate of drug-likeness (QED) is 0.922. The maximum Gasteiger partial charge on any atom is 0.255 e. The first-order chi connectivity index (χ1) is 10.6. The first-order valence-electron chi connectivity index (χ1n) is 7.86. The van der Waals surface area contributed by atoms with E-state index < -0.39 is 0 Å². The monoisotopic (exact) mass is 294 g/mol. The standard InChI is InChI=1S/C19H22N2O/c1-14-10-15(2)12-16(11-14)19(22)20-17-6-5-7-18(13-17)21-8-3-4-9-21/h5-7,10-13H,3-4,8-9H2,1-2H3,(H,20,22). The summed E-state index contributed by atoms with van der Waals surface area (Å²) in [5.74, 6) is -0.0506. The van der Waals surface area contributed by atoms with Gasteiger partial charge in [-0.2, -0.15) is 0 Å². The second kappa shape index (κ2) is 6.22. The Balaban J connectivity index is 1.77. The average Bonchev–Trinajstić information content (AvgIpc) is 3.00. The minimum atomic E-state index is -0.0506. The third-order valence-corrected chi connectivity index (χ3v) is 4.06. The molecule has 0 unspecified atom stereocenters. The van der Waals surface area contributed by atoms with Gasteiger partial charge in [-0.15, -0.1) is 0 Å². The number of carbonyl (C=O) groups is 1. The predicted molar refractivity (Wildman–Crippen MR) is 91.8 cm³/mol. The van der Waals surface area contributed by atoms with Crippen LogP contribution in [0.3, 0.4) is 0 Å². The van der Waals surface area contributed by atoms with Gasteiger partial charge >= 0.3 is 0 Å². The molecule has 1 fully saturated rings. The van der Waals surface area contributed by atoms with E-state index in [0.717, 1.165) is 29.9 Å². The first kappa shape index (κ1) is 14.6. The van der Waals surface area contributed by atoms with Gasteiger partial charge in [0.1, 0.15) is 0 Å². The molecular formula is C19H22N2O. The zero-order valence-electron chi connectivity index (χ0n) is 13.2. The zero-order valence-corrected chi connectivity index (χ0v) is 13.2. The van der Waals surface area contributed by atoms with Crippen LogP contribution in [-0.4, -0.2) is 19.0 Å². The van der Waals surface area contributed by atoms with Crippen molar-refractivity contribution in [2.75, 3.05) is 23.3 Å². The molecule has 1 amide bonds. The van der Waals surface area contributed by atoms with Gasteiger partial charge in [-0.3, -0.25) is 4.79 Å². The van der Waals surface area contributed by atoms with Crippen molar-refractivity contribution >= 4 is 17.3 Å². The highest BCUT2D eigenvalue weighted by atomic mass is 16.1. The Morgan fingerprint density at radius 2 is 1.68 bits per heavy atom. The molecule has 1 aliphatic rings. The highest BCUT2D eigenvalue weighted by molar-refractivity contribution is 6.04. The van der Waals surface area contributed by atoms with Crippen LogP contribution in [0.1, 0.15) is 34.3 Å². The van der Waals surface area contributed by atoms with Crippen molar-refractivity contribution in [1.82, 2.24) is 0 Å². The van der Waals surface area contributed by atoms with Crippen molar-refractivity contribution in [1.29, 1.82) is 0 Å². The molecule has 2 aromatic rings. The normalized spacial score (nSPS) is 14.2. The third-order valence-electron chi connectivity index (χ3n) is 4.06. The molecule has 0 bridgehead atoms. The van der Waals surface area contributed by atoms with Gasteiger partial charge < -0.3 is 10.2 Å². The highest BCUT2D eigenvalue weighted by Crippen LogP contribution is 2.23. The smallest absolute Gasteiger partial charge is 0.255 e. The molecule has 1 heterocycles. The maximum absolute atomic E-state index is 12.4. The van der Waals surface area contributed by atoms with E-state index in [0.29, 0.717) is 5.56 Å². The van der Waals surface area contributed by atoms with Crippen LogP contribution in [0, 0.1) is 13.8 Å². The van der Waals surface area contributed by atoms with Crippen molar-refractivity contribution in [3.8, 4) is 0 Å². The molecule has 0 atom stereocenters. The second-order valence-electron chi connectivity index (χ2n) is 6.07. The molecule has 1 aliphatic heterocycles. The summed E-state index contributed by atoms with van der Waals surface area (Å²) in [6.45, 7) is 6.23. The number of carbonyl (C=O) groups excluding carboxylic acids is 1. The molecule has 114 valence electrons. The summed E-state index contributed by atoms with van der Waals surface area (Å²) in [6, 6.07) is 14.0. The van der Waals surface area contributed by atoms with Gasteiger partial charge in [0.15, 0.2) is 0 Å². The Kier molecular flexibility index (Phi) is 4.14. The van der Waals surface area contributed by atoms with Gasteiger partial charge in [0.25, 0.3) is 5.91 Å². The molecule has 0 aliphatic carbocycles. The number of amides is 1. The van der Waals surface area contributed by atoms with E-state index in [4.69, 9.17) is 0 Å². The number of hydrogen-bond acceptors (Lipinski definition) is 2. The summed E-state index contributed by atoms with van der Waals surface area (Å²) in [5, 5.41) is 3.01. The van der Waals surface area contributed by atoms with Crippen LogP contribution in [0.2, 0.25) is 0 Å². The molecule has 3 heteroatoms. The van der Waals surface area contributed by atoms with Gasteiger partial charge in [0, 0.05) is 30.0 Å². The molecule has 0 aromatic heterocycles. The van der Waals surface area contributed by atoms with Crippen LogP contribution in [0.15, 0.2) is 42.5 Å². The summed E-state index contributed by atoms with van der Waals surface area (Å²) in [4.78, 5) is 14.8. The van der Waals surface area contributed by atoms with Crippen LogP contribution in [0.5, 0.6) is 0 Å². The maximum atomic E-state index is 12.4. The number of benzene rings is 2. The average molecular weight is 294 g/mol. The van der Waals surface area contributed by atoms with Crippen LogP contribution < -0.4 is 10.2 Å². The summed E-state index contributed by atoms with van der Waals surface area (Å²) in [7, 11) is 0. The Bertz CT molecular complexity index is 667. The summed E-state index contributed by atoms with van der Waals surface area (Å²) in [6.07, 6.45) is 2.50. The van der Waals surface area contributed by atoms with E-state index in [1.807, 2.05) is 38.1 Å². The fraction of sp³-hybridized carbons (Fsp3) is 0.316. The van der Waals surface area contributed by atoms with Crippen molar-refractivity contribution in [3.63, 3.8) is 0 Å². The fourth-order valence-electron chi connectivity index (χ4n) is 3.06. The van der Waals surface area contributed by atoms with Crippen molar-refractivity contribution < 1.29 is 4.79 Å². The van der Waals surface area contributed by atoms with Crippen LogP contribution in [-0.2, 0) is 0 Å². The Morgan fingerprint density at radius 1 is 1.00 bits per heavy atom. The lowest BCUT2D eigenvalue weighted by molar-refractivity contribution is 0.102. The fourth-order valence-corrected chi connectivity index (χ4v) is 3.06. The van der Waals surface area contributed by atoms with Gasteiger partial charge in [-0.05, 0) is 57.0 Å². The Hall–Kier alpha value is -2.29. The molecule has 22 heavy (non-hydrogen) atoms. The Labute approximate surface area is 132 Å². The van der Waals surface area contributed by atoms with Crippen LogP contribution in [0.25, 0.3) is 0 Å². The topological polar surface area (TPSA) is 32.3 Å². The number of rotatable bonds is 3. The molecule has 3 rings (SSSR count). The minimum Gasteiger partial charge on any atom is -0.371 e. The zero-order chi connectivity index (χ0) is 15.5. The largest absolute Gasteiger partial charge is 0.371 e. The molecule has 0 spiro atoms. The number of aryl methyl sites for hydroxylation is 2. The number of hydrogen-bond donors (Lipinski definition) is 1. The molecule has 1 N–H and O–H groups in total. The number of nitrogens with zero attached hydrogens (tertiary/aromatic N) is 1. The lowest BCUT2D eigenvalue weighted by Crippen LogP contribution is -2.18. The van der Waals surface area contributed by atoms with Crippen molar-refractivity contribution in [2.24, 2.45) is 0 Å². The molecule has 2 aromatic carbocycles. The van der Waals surface area contributed by atoms with E-state index in [-0.39, 0.29) is 5.91 Å². The SMILES string of the molecule is Cc1cc(C)cc(C(=O)Nc2cccc(N3CCCC3)c2)c1. The van der Waals surface area contributed by atoms with Gasteiger partial charge in [0.05, 0.1) is 0 Å². The summed E-state index contributed by atoms with van der Waals surface area (Å²) in [5.41, 5.74) is 4.97. The Morgan fingerprint density at radius 3 is 2.36 bits per heavy atom. The lowest BCUT2D eigenvalue weighted by Gasteiger charge is -2.18. The van der Waals surface area contributed by atoms with Crippen LogP contribution in [0.4, 0.5) is 11.4 Å². The highest BCUT2D eigenvalue weighted by Gasteiger charge is 2.13. The van der Waals surface area contributed by atoms with E-state index >= 15 is 0 Å². The van der Waals surface area contributed by atoms with E-state index in [1.54, 1.807) is 0 Å².